The SMILES string of the molecule is CCC(C(=O)N1CCN(c2ccccc2OC)CC1)n1cccn1. The van der Waals surface area contributed by atoms with Crippen LogP contribution in [-0.2, 0) is 4.79 Å². The number of carbonyl (C=O) groups excluding carboxylic acids is 1. The number of rotatable bonds is 5. The van der Waals surface area contributed by atoms with E-state index in [1.807, 2.05) is 42.3 Å². The number of para-hydroxylation sites is 2. The van der Waals surface area contributed by atoms with E-state index in [1.54, 1.807) is 18.0 Å². The Balaban J connectivity index is 1.65. The van der Waals surface area contributed by atoms with Gasteiger partial charge >= 0.3 is 0 Å². The molecule has 24 heavy (non-hydrogen) atoms. The van der Waals surface area contributed by atoms with Gasteiger partial charge in [-0.05, 0) is 24.6 Å². The molecular weight excluding hydrogens is 304 g/mol. The Morgan fingerprint density at radius 1 is 1.21 bits per heavy atom. The van der Waals surface area contributed by atoms with Crippen molar-refractivity contribution < 1.29 is 9.53 Å². The lowest BCUT2D eigenvalue weighted by molar-refractivity contribution is -0.135. The maximum absolute atomic E-state index is 12.8. The second kappa shape index (κ2) is 7.38. The molecule has 0 N–H and O–H groups in total. The number of methoxy groups -OCH3 is 1. The largest absolute Gasteiger partial charge is 0.495 e. The minimum atomic E-state index is -0.210. The Bertz CT molecular complexity index is 663. The van der Waals surface area contributed by atoms with Gasteiger partial charge in [0.25, 0.3) is 0 Å². The van der Waals surface area contributed by atoms with Crippen molar-refractivity contribution in [2.24, 2.45) is 0 Å². The zero-order valence-electron chi connectivity index (χ0n) is 14.3. The highest BCUT2D eigenvalue weighted by Gasteiger charge is 2.28. The molecule has 1 unspecified atom stereocenters. The fourth-order valence-electron chi connectivity index (χ4n) is 3.21. The summed E-state index contributed by atoms with van der Waals surface area (Å²) in [5.74, 6) is 1.03. The number of hydrogen-bond acceptors (Lipinski definition) is 4. The molecule has 1 aliphatic rings. The van der Waals surface area contributed by atoms with Gasteiger partial charge in [-0.1, -0.05) is 19.1 Å². The molecular formula is C18H24N4O2. The van der Waals surface area contributed by atoms with Gasteiger partial charge in [0.15, 0.2) is 0 Å². The number of benzene rings is 1. The van der Waals surface area contributed by atoms with Crippen LogP contribution in [0, 0.1) is 0 Å². The van der Waals surface area contributed by atoms with E-state index < -0.39 is 0 Å². The molecule has 0 radical (unpaired) electrons. The second-order valence-corrected chi connectivity index (χ2v) is 5.89. The molecule has 1 aromatic heterocycles. The highest BCUT2D eigenvalue weighted by molar-refractivity contribution is 5.80. The van der Waals surface area contributed by atoms with E-state index in [9.17, 15) is 4.79 Å². The van der Waals surface area contributed by atoms with Crippen LogP contribution in [0.3, 0.4) is 0 Å². The standard InChI is InChI=1S/C18H24N4O2/c1-3-15(22-10-6-9-19-22)18(23)21-13-11-20(12-14-21)16-7-4-5-8-17(16)24-2/h4-10,15H,3,11-14H2,1-2H3. The highest BCUT2D eigenvalue weighted by Crippen LogP contribution is 2.28. The van der Waals surface area contributed by atoms with Crippen LogP contribution >= 0.6 is 0 Å². The normalized spacial score (nSPS) is 16.1. The van der Waals surface area contributed by atoms with E-state index in [0.29, 0.717) is 13.1 Å². The third kappa shape index (κ3) is 3.22. The molecule has 3 rings (SSSR count). The lowest BCUT2D eigenvalue weighted by Gasteiger charge is -2.37. The van der Waals surface area contributed by atoms with Crippen LogP contribution in [0.1, 0.15) is 19.4 Å². The molecule has 1 atom stereocenters. The maximum atomic E-state index is 12.8. The van der Waals surface area contributed by atoms with E-state index in [0.717, 1.165) is 30.9 Å². The van der Waals surface area contributed by atoms with Gasteiger partial charge in [-0.15, -0.1) is 0 Å². The molecule has 0 bridgehead atoms. The van der Waals surface area contributed by atoms with Crippen molar-refractivity contribution in [1.29, 1.82) is 0 Å². The Kier molecular flexibility index (Phi) is 5.03. The van der Waals surface area contributed by atoms with Crippen LogP contribution < -0.4 is 9.64 Å². The predicted octanol–water partition coefficient (Wildman–Crippen LogP) is 2.19. The van der Waals surface area contributed by atoms with Crippen molar-refractivity contribution in [3.05, 3.63) is 42.7 Å². The summed E-state index contributed by atoms with van der Waals surface area (Å²) in [6, 6.07) is 9.67. The van der Waals surface area contributed by atoms with Crippen LogP contribution in [0.2, 0.25) is 0 Å². The summed E-state index contributed by atoms with van der Waals surface area (Å²) in [5, 5.41) is 4.23. The van der Waals surface area contributed by atoms with Gasteiger partial charge in [0.1, 0.15) is 11.8 Å². The Hall–Kier alpha value is -2.50. The van der Waals surface area contributed by atoms with E-state index in [2.05, 4.69) is 16.1 Å². The van der Waals surface area contributed by atoms with Gasteiger partial charge in [-0.25, -0.2) is 0 Å². The zero-order valence-corrected chi connectivity index (χ0v) is 14.3. The maximum Gasteiger partial charge on any atom is 0.247 e. The Morgan fingerprint density at radius 3 is 2.58 bits per heavy atom. The third-order valence-electron chi connectivity index (χ3n) is 4.53. The Morgan fingerprint density at radius 2 is 1.96 bits per heavy atom. The fraction of sp³-hybridized carbons (Fsp3) is 0.444. The first-order chi connectivity index (χ1) is 11.7. The van der Waals surface area contributed by atoms with E-state index in [1.165, 1.54) is 0 Å². The van der Waals surface area contributed by atoms with Crippen LogP contribution in [0.4, 0.5) is 5.69 Å². The molecule has 2 heterocycles. The first kappa shape index (κ1) is 16.4. The van der Waals surface area contributed by atoms with Crippen molar-refractivity contribution in [3.63, 3.8) is 0 Å². The minimum absolute atomic E-state index is 0.154. The molecule has 1 aromatic carbocycles. The van der Waals surface area contributed by atoms with Crippen molar-refractivity contribution >= 4 is 11.6 Å². The molecule has 0 spiro atoms. The van der Waals surface area contributed by atoms with Gasteiger partial charge < -0.3 is 14.5 Å². The number of anilines is 1. The molecule has 1 amide bonds. The summed E-state index contributed by atoms with van der Waals surface area (Å²) >= 11 is 0. The first-order valence-corrected chi connectivity index (χ1v) is 8.40. The van der Waals surface area contributed by atoms with Gasteiger partial charge in [0, 0.05) is 38.6 Å². The van der Waals surface area contributed by atoms with Gasteiger partial charge in [-0.3, -0.25) is 9.48 Å². The van der Waals surface area contributed by atoms with Crippen molar-refractivity contribution in [3.8, 4) is 5.75 Å². The topological polar surface area (TPSA) is 50.6 Å². The minimum Gasteiger partial charge on any atom is -0.495 e. The van der Waals surface area contributed by atoms with Crippen molar-refractivity contribution in [2.75, 3.05) is 38.2 Å². The fourth-order valence-corrected chi connectivity index (χ4v) is 3.21. The molecule has 6 nitrogen and oxygen atoms in total. The summed E-state index contributed by atoms with van der Waals surface area (Å²) in [7, 11) is 1.69. The Labute approximate surface area is 142 Å². The van der Waals surface area contributed by atoms with E-state index >= 15 is 0 Å². The lowest BCUT2D eigenvalue weighted by Crippen LogP contribution is -2.50. The molecule has 6 heteroatoms. The summed E-state index contributed by atoms with van der Waals surface area (Å²) in [6.45, 7) is 5.07. The lowest BCUT2D eigenvalue weighted by atomic mass is 10.1. The molecule has 0 aliphatic carbocycles. The summed E-state index contributed by atoms with van der Waals surface area (Å²) < 4.78 is 7.20. The van der Waals surface area contributed by atoms with Crippen LogP contribution in [0.5, 0.6) is 5.75 Å². The zero-order chi connectivity index (χ0) is 16.9. The molecule has 1 aliphatic heterocycles. The van der Waals surface area contributed by atoms with Crippen LogP contribution in [0.25, 0.3) is 0 Å². The number of amides is 1. The number of ether oxygens (including phenoxy) is 1. The summed E-state index contributed by atoms with van der Waals surface area (Å²) in [5.41, 5.74) is 1.09. The van der Waals surface area contributed by atoms with Gasteiger partial charge in [0.05, 0.1) is 12.8 Å². The summed E-state index contributed by atoms with van der Waals surface area (Å²) in [6.07, 6.45) is 4.32. The number of hydrogen-bond donors (Lipinski definition) is 0. The number of carbonyl (C=O) groups is 1. The van der Waals surface area contributed by atoms with Gasteiger partial charge in [0.2, 0.25) is 5.91 Å². The molecule has 1 fully saturated rings. The molecule has 1 saturated heterocycles. The molecule has 128 valence electrons. The van der Waals surface area contributed by atoms with E-state index in [4.69, 9.17) is 4.74 Å². The second-order valence-electron chi connectivity index (χ2n) is 5.89. The highest BCUT2D eigenvalue weighted by atomic mass is 16.5. The van der Waals surface area contributed by atoms with Crippen LogP contribution in [-0.4, -0.2) is 53.9 Å². The first-order valence-electron chi connectivity index (χ1n) is 8.40. The predicted molar refractivity (Wildman–Crippen MR) is 93.3 cm³/mol. The quantitative estimate of drug-likeness (QED) is 0.844. The number of nitrogens with zero attached hydrogens (tertiary/aromatic N) is 4. The number of aromatic nitrogens is 2. The average Bonchev–Trinajstić information content (AvgIpc) is 3.16. The van der Waals surface area contributed by atoms with Gasteiger partial charge in [-0.2, -0.15) is 5.10 Å². The molecule has 0 saturated carbocycles. The van der Waals surface area contributed by atoms with Crippen LogP contribution in [0.15, 0.2) is 42.7 Å². The van der Waals surface area contributed by atoms with Crippen molar-refractivity contribution in [1.82, 2.24) is 14.7 Å². The average molecular weight is 328 g/mol. The monoisotopic (exact) mass is 328 g/mol. The smallest absolute Gasteiger partial charge is 0.247 e. The van der Waals surface area contributed by atoms with Crippen molar-refractivity contribution in [2.45, 2.75) is 19.4 Å². The molecule has 2 aromatic rings. The third-order valence-corrected chi connectivity index (χ3v) is 4.53. The summed E-state index contributed by atoms with van der Waals surface area (Å²) in [4.78, 5) is 17.0. The van der Waals surface area contributed by atoms with E-state index in [-0.39, 0.29) is 11.9 Å². The number of piperazine rings is 1.